The molecule has 0 radical (unpaired) electrons. The minimum atomic E-state index is -0.0218. The first-order valence-electron chi connectivity index (χ1n) is 9.36. The number of hydrogen-bond donors (Lipinski definition) is 1. The first kappa shape index (κ1) is 17.9. The van der Waals surface area contributed by atoms with Crippen LogP contribution in [-0.2, 0) is 13.1 Å². The van der Waals surface area contributed by atoms with Crippen molar-refractivity contribution in [3.8, 4) is 0 Å². The zero-order valence-corrected chi connectivity index (χ0v) is 15.5. The molecule has 5 heteroatoms. The predicted molar refractivity (Wildman–Crippen MR) is 107 cm³/mol. The van der Waals surface area contributed by atoms with E-state index in [1.807, 2.05) is 73.3 Å². The lowest BCUT2D eigenvalue weighted by Crippen LogP contribution is -3.10. The van der Waals surface area contributed by atoms with Gasteiger partial charge in [0.2, 0.25) is 0 Å². The third kappa shape index (κ3) is 4.45. The molecule has 0 aliphatic rings. The van der Waals surface area contributed by atoms with E-state index in [9.17, 15) is 0 Å². The molecular weight excluding hydrogens is 346 g/mol. The Kier molecular flexibility index (Phi) is 5.75. The standard InChI is InChI=1S/C23H21N5/c1-5-13-24-19(9-1)17-28(18-20-10-2-6-14-25-20)23(21-11-3-7-15-26-21)22-12-4-8-16-27-22/h1-16,23H,17-18H2/p+1. The van der Waals surface area contributed by atoms with Crippen molar-refractivity contribution < 1.29 is 4.90 Å². The van der Waals surface area contributed by atoms with Crippen molar-refractivity contribution in [2.45, 2.75) is 19.1 Å². The summed E-state index contributed by atoms with van der Waals surface area (Å²) in [6.07, 6.45) is 7.35. The van der Waals surface area contributed by atoms with Crippen LogP contribution in [0.2, 0.25) is 0 Å². The molecule has 4 aromatic rings. The smallest absolute Gasteiger partial charge is 0.173 e. The molecule has 28 heavy (non-hydrogen) atoms. The van der Waals surface area contributed by atoms with Crippen LogP contribution in [0.1, 0.15) is 28.8 Å². The lowest BCUT2D eigenvalue weighted by molar-refractivity contribution is -0.953. The second-order valence-electron chi connectivity index (χ2n) is 6.60. The average Bonchev–Trinajstić information content (AvgIpc) is 2.77. The van der Waals surface area contributed by atoms with Gasteiger partial charge in [-0.25, -0.2) is 0 Å². The predicted octanol–water partition coefficient (Wildman–Crippen LogP) is 2.64. The van der Waals surface area contributed by atoms with Gasteiger partial charge in [0.1, 0.15) is 24.5 Å². The molecule has 138 valence electrons. The summed E-state index contributed by atoms with van der Waals surface area (Å²) in [6, 6.07) is 24.1. The van der Waals surface area contributed by atoms with Gasteiger partial charge < -0.3 is 4.90 Å². The number of nitrogens with one attached hydrogen (secondary N) is 1. The van der Waals surface area contributed by atoms with E-state index in [0.717, 1.165) is 35.9 Å². The Labute approximate surface area is 164 Å². The lowest BCUT2D eigenvalue weighted by Gasteiger charge is -2.27. The Morgan fingerprint density at radius 3 is 1.32 bits per heavy atom. The third-order valence-corrected chi connectivity index (χ3v) is 4.64. The maximum Gasteiger partial charge on any atom is 0.173 e. The van der Waals surface area contributed by atoms with Gasteiger partial charge >= 0.3 is 0 Å². The van der Waals surface area contributed by atoms with Gasteiger partial charge in [-0.2, -0.15) is 0 Å². The van der Waals surface area contributed by atoms with Crippen LogP contribution < -0.4 is 4.90 Å². The minimum Gasteiger partial charge on any atom is -0.312 e. The molecule has 0 saturated heterocycles. The van der Waals surface area contributed by atoms with Gasteiger partial charge in [-0.1, -0.05) is 24.3 Å². The second kappa shape index (κ2) is 8.97. The normalized spacial score (nSPS) is 11.1. The van der Waals surface area contributed by atoms with E-state index in [1.54, 1.807) is 0 Å². The summed E-state index contributed by atoms with van der Waals surface area (Å²) in [6.45, 7) is 1.49. The number of aromatic nitrogens is 4. The van der Waals surface area contributed by atoms with E-state index in [4.69, 9.17) is 0 Å². The van der Waals surface area contributed by atoms with Gasteiger partial charge in [-0.15, -0.1) is 0 Å². The molecule has 0 aromatic carbocycles. The van der Waals surface area contributed by atoms with Crippen LogP contribution in [0.15, 0.2) is 97.6 Å². The molecule has 5 nitrogen and oxygen atoms in total. The molecule has 4 aromatic heterocycles. The fourth-order valence-corrected chi connectivity index (χ4v) is 3.40. The van der Waals surface area contributed by atoms with Crippen LogP contribution in [0, 0.1) is 0 Å². The van der Waals surface area contributed by atoms with Crippen molar-refractivity contribution in [2.75, 3.05) is 0 Å². The molecule has 0 fully saturated rings. The maximum absolute atomic E-state index is 4.66. The molecule has 0 saturated carbocycles. The highest BCUT2D eigenvalue weighted by Gasteiger charge is 2.29. The molecule has 0 atom stereocenters. The van der Waals surface area contributed by atoms with E-state index in [2.05, 4.69) is 44.2 Å². The summed E-state index contributed by atoms with van der Waals surface area (Å²) in [5, 5.41) is 0. The van der Waals surface area contributed by atoms with Gasteiger partial charge in [0.05, 0.1) is 11.4 Å². The van der Waals surface area contributed by atoms with Gasteiger partial charge in [-0.05, 0) is 48.5 Å². The molecule has 0 amide bonds. The lowest BCUT2D eigenvalue weighted by atomic mass is 10.1. The summed E-state index contributed by atoms with van der Waals surface area (Å²) in [5.74, 6) is 0. The monoisotopic (exact) mass is 368 g/mol. The first-order chi connectivity index (χ1) is 13.9. The van der Waals surface area contributed by atoms with Gasteiger partial charge in [0.15, 0.2) is 6.04 Å². The Bertz CT molecular complexity index is 882. The molecule has 0 aliphatic carbocycles. The van der Waals surface area contributed by atoms with E-state index < -0.39 is 0 Å². The Balaban J connectivity index is 1.76. The van der Waals surface area contributed by atoms with E-state index >= 15 is 0 Å². The summed E-state index contributed by atoms with van der Waals surface area (Å²) in [4.78, 5) is 19.7. The molecule has 0 spiro atoms. The second-order valence-corrected chi connectivity index (χ2v) is 6.60. The number of hydrogen-bond acceptors (Lipinski definition) is 4. The van der Waals surface area contributed by atoms with Crippen molar-refractivity contribution in [2.24, 2.45) is 0 Å². The summed E-state index contributed by atoms with van der Waals surface area (Å²) in [7, 11) is 0. The van der Waals surface area contributed by atoms with Crippen molar-refractivity contribution in [1.29, 1.82) is 0 Å². The summed E-state index contributed by atoms with van der Waals surface area (Å²) < 4.78 is 0. The van der Waals surface area contributed by atoms with Crippen LogP contribution in [0.5, 0.6) is 0 Å². The zero-order valence-electron chi connectivity index (χ0n) is 15.5. The van der Waals surface area contributed by atoms with Crippen molar-refractivity contribution in [3.63, 3.8) is 0 Å². The zero-order chi connectivity index (χ0) is 19.0. The topological polar surface area (TPSA) is 56.0 Å². The maximum atomic E-state index is 4.66. The van der Waals surface area contributed by atoms with E-state index in [-0.39, 0.29) is 6.04 Å². The largest absolute Gasteiger partial charge is 0.312 e. The van der Waals surface area contributed by atoms with Crippen LogP contribution >= 0.6 is 0 Å². The van der Waals surface area contributed by atoms with Gasteiger partial charge in [-0.3, -0.25) is 19.9 Å². The molecule has 4 rings (SSSR count). The summed E-state index contributed by atoms with van der Waals surface area (Å²) >= 11 is 0. The summed E-state index contributed by atoms with van der Waals surface area (Å²) in [5.41, 5.74) is 4.04. The van der Waals surface area contributed by atoms with Crippen LogP contribution in [0.25, 0.3) is 0 Å². The van der Waals surface area contributed by atoms with Crippen LogP contribution in [-0.4, -0.2) is 19.9 Å². The quantitative estimate of drug-likeness (QED) is 0.545. The van der Waals surface area contributed by atoms with Gasteiger partial charge in [0.25, 0.3) is 0 Å². The van der Waals surface area contributed by atoms with Crippen molar-refractivity contribution >= 4 is 0 Å². The van der Waals surface area contributed by atoms with Crippen LogP contribution in [0.4, 0.5) is 0 Å². The molecule has 0 aliphatic heterocycles. The SMILES string of the molecule is c1ccc(C[NH+](Cc2ccccn2)C(c2ccccn2)c2ccccn2)nc1. The fourth-order valence-electron chi connectivity index (χ4n) is 3.40. The average molecular weight is 368 g/mol. The molecule has 0 unspecified atom stereocenters. The van der Waals surface area contributed by atoms with E-state index in [1.165, 1.54) is 4.90 Å². The molecule has 0 bridgehead atoms. The number of pyridine rings is 4. The molecular formula is C23H22N5+. The highest BCUT2D eigenvalue weighted by Crippen LogP contribution is 2.16. The van der Waals surface area contributed by atoms with Gasteiger partial charge in [0, 0.05) is 24.8 Å². The third-order valence-electron chi connectivity index (χ3n) is 4.64. The molecule has 4 heterocycles. The number of quaternary nitrogens is 1. The highest BCUT2D eigenvalue weighted by atomic mass is 15.2. The molecule has 1 N–H and O–H groups in total. The Morgan fingerprint density at radius 1 is 0.536 bits per heavy atom. The fraction of sp³-hybridized carbons (Fsp3) is 0.130. The first-order valence-corrected chi connectivity index (χ1v) is 9.36. The highest BCUT2D eigenvalue weighted by molar-refractivity contribution is 5.19. The Morgan fingerprint density at radius 2 is 0.964 bits per heavy atom. The van der Waals surface area contributed by atoms with E-state index in [0.29, 0.717) is 0 Å². The minimum absolute atomic E-state index is 0.0218. The van der Waals surface area contributed by atoms with Crippen molar-refractivity contribution in [1.82, 2.24) is 19.9 Å². The van der Waals surface area contributed by atoms with Crippen LogP contribution in [0.3, 0.4) is 0 Å². The Hall–Kier alpha value is -3.44. The van der Waals surface area contributed by atoms with Crippen molar-refractivity contribution in [3.05, 3.63) is 120 Å². The number of nitrogens with zero attached hydrogens (tertiary/aromatic N) is 4. The number of rotatable bonds is 7.